The maximum atomic E-state index is 12.1. The van der Waals surface area contributed by atoms with Gasteiger partial charge in [-0.25, -0.2) is 0 Å². The van der Waals surface area contributed by atoms with Gasteiger partial charge in [0.05, 0.1) is 22.1 Å². The van der Waals surface area contributed by atoms with Crippen molar-refractivity contribution in [2.45, 2.75) is 10.1 Å². The number of hydrogen-bond donors (Lipinski definition) is 1. The summed E-state index contributed by atoms with van der Waals surface area (Å²) in [5.41, 5.74) is 1.86. The highest BCUT2D eigenvalue weighted by atomic mass is 32.2. The zero-order valence-electron chi connectivity index (χ0n) is 12.9. The second-order valence-electron chi connectivity index (χ2n) is 4.86. The van der Waals surface area contributed by atoms with E-state index in [-0.39, 0.29) is 10.6 Å². The fourth-order valence-electron chi connectivity index (χ4n) is 1.85. The van der Waals surface area contributed by atoms with Gasteiger partial charge in [0.25, 0.3) is 5.91 Å². The van der Waals surface area contributed by atoms with E-state index >= 15 is 0 Å². The first-order valence-corrected chi connectivity index (χ1v) is 9.73. The molecule has 130 valence electrons. The first-order valence-electron chi connectivity index (χ1n) is 7.05. The van der Waals surface area contributed by atoms with Crippen LogP contribution in [0.3, 0.4) is 0 Å². The lowest BCUT2D eigenvalue weighted by Gasteiger charge is -1.98. The molecule has 1 N–H and O–H groups in total. The van der Waals surface area contributed by atoms with E-state index in [2.05, 4.69) is 21.6 Å². The van der Waals surface area contributed by atoms with Crippen molar-refractivity contribution in [2.24, 2.45) is 0 Å². The summed E-state index contributed by atoms with van der Waals surface area (Å²) in [5.74, 6) is 0.194. The molecular formula is C15H9N5O3S3. The summed E-state index contributed by atoms with van der Waals surface area (Å²) < 4.78 is 0.681. The van der Waals surface area contributed by atoms with Crippen LogP contribution in [0.4, 0.5) is 10.1 Å². The Morgan fingerprint density at radius 3 is 2.77 bits per heavy atom. The van der Waals surface area contributed by atoms with Gasteiger partial charge in [0.15, 0.2) is 4.34 Å². The Kier molecular flexibility index (Phi) is 5.57. The van der Waals surface area contributed by atoms with Gasteiger partial charge in [-0.15, -0.1) is 10.2 Å². The van der Waals surface area contributed by atoms with Crippen LogP contribution in [0, 0.1) is 21.4 Å². The molecule has 0 atom stereocenters. The molecule has 0 fully saturated rings. The molecule has 1 aromatic carbocycles. The molecule has 0 spiro atoms. The molecule has 0 aliphatic heterocycles. The summed E-state index contributed by atoms with van der Waals surface area (Å²) in [6.45, 7) is 0. The highest BCUT2D eigenvalue weighted by Gasteiger charge is 2.16. The van der Waals surface area contributed by atoms with Crippen molar-refractivity contribution in [1.29, 1.82) is 5.26 Å². The predicted molar refractivity (Wildman–Crippen MR) is 99.6 cm³/mol. The third kappa shape index (κ3) is 4.42. The van der Waals surface area contributed by atoms with Crippen molar-refractivity contribution < 1.29 is 9.72 Å². The predicted octanol–water partition coefficient (Wildman–Crippen LogP) is 3.92. The second kappa shape index (κ2) is 8.05. The third-order valence-electron chi connectivity index (χ3n) is 3.10. The number of carbonyl (C=O) groups excluding carboxylic acids is 1. The number of hydrogen-bond acceptors (Lipinski definition) is 9. The molecule has 2 heterocycles. The van der Waals surface area contributed by atoms with E-state index in [4.69, 9.17) is 5.26 Å². The normalized spacial score (nSPS) is 10.3. The molecule has 26 heavy (non-hydrogen) atoms. The number of benzene rings is 1. The molecule has 0 aliphatic rings. The zero-order chi connectivity index (χ0) is 18.5. The number of aromatic nitrogens is 2. The number of anilines is 1. The average molecular weight is 403 g/mol. The number of thioether (sulfide) groups is 1. The fraction of sp³-hybridized carbons (Fsp3) is 0.0667. The number of nitrogens with one attached hydrogen (secondary N) is 1. The standard InChI is InChI=1S/C15H9N5O3S3/c16-6-9-1-3-10(4-2-9)7-25-15-19-18-14(26-15)17-13(21)11-5-12(20(22)23)24-8-11/h1-5,8H,7H2,(H,17,18,21). The Morgan fingerprint density at radius 1 is 1.35 bits per heavy atom. The minimum Gasteiger partial charge on any atom is -0.296 e. The van der Waals surface area contributed by atoms with Gasteiger partial charge < -0.3 is 0 Å². The van der Waals surface area contributed by atoms with Gasteiger partial charge >= 0.3 is 5.00 Å². The lowest BCUT2D eigenvalue weighted by Crippen LogP contribution is -2.10. The highest BCUT2D eigenvalue weighted by Crippen LogP contribution is 2.29. The lowest BCUT2D eigenvalue weighted by molar-refractivity contribution is -0.380. The van der Waals surface area contributed by atoms with Crippen molar-refractivity contribution in [3.8, 4) is 6.07 Å². The molecule has 0 bridgehead atoms. The molecule has 11 heteroatoms. The van der Waals surface area contributed by atoms with Crippen LogP contribution in [0.1, 0.15) is 21.5 Å². The van der Waals surface area contributed by atoms with Gasteiger partial charge in [0, 0.05) is 17.2 Å². The molecule has 1 amide bonds. The third-order valence-corrected chi connectivity index (χ3v) is 6.02. The minimum absolute atomic E-state index is 0.0916. The van der Waals surface area contributed by atoms with Crippen LogP contribution in [-0.4, -0.2) is 21.0 Å². The molecule has 0 aliphatic carbocycles. The maximum Gasteiger partial charge on any atom is 0.324 e. The maximum absolute atomic E-state index is 12.1. The van der Waals surface area contributed by atoms with Crippen LogP contribution in [0.25, 0.3) is 0 Å². The van der Waals surface area contributed by atoms with Crippen molar-refractivity contribution in [3.05, 3.63) is 62.5 Å². The van der Waals surface area contributed by atoms with Gasteiger partial charge in [-0.1, -0.05) is 46.6 Å². The summed E-state index contributed by atoms with van der Waals surface area (Å²) in [5, 5.41) is 31.6. The number of carbonyl (C=O) groups is 1. The number of amides is 1. The van der Waals surface area contributed by atoms with E-state index < -0.39 is 10.8 Å². The number of nitriles is 1. The molecule has 0 saturated carbocycles. The summed E-state index contributed by atoms with van der Waals surface area (Å²) in [6, 6.07) is 10.5. The largest absolute Gasteiger partial charge is 0.324 e. The molecule has 3 rings (SSSR count). The lowest BCUT2D eigenvalue weighted by atomic mass is 10.2. The van der Waals surface area contributed by atoms with Gasteiger partial charge in [-0.3, -0.25) is 20.2 Å². The first kappa shape index (κ1) is 18.0. The number of nitro groups is 1. The van der Waals surface area contributed by atoms with Crippen LogP contribution in [0.15, 0.2) is 40.1 Å². The second-order valence-corrected chi connectivity index (χ2v) is 7.95. The first-order chi connectivity index (χ1) is 12.5. The Bertz CT molecular complexity index is 991. The van der Waals surface area contributed by atoms with Crippen LogP contribution in [0.5, 0.6) is 0 Å². The minimum atomic E-state index is -0.537. The molecule has 2 aromatic heterocycles. The summed E-state index contributed by atoms with van der Waals surface area (Å²) in [7, 11) is 0. The van der Waals surface area contributed by atoms with E-state index in [0.29, 0.717) is 20.8 Å². The summed E-state index contributed by atoms with van der Waals surface area (Å²) in [4.78, 5) is 22.2. The Morgan fingerprint density at radius 2 is 2.12 bits per heavy atom. The van der Waals surface area contributed by atoms with Gasteiger partial charge in [0.2, 0.25) is 5.13 Å². The van der Waals surface area contributed by atoms with Gasteiger partial charge in [0.1, 0.15) is 0 Å². The zero-order valence-corrected chi connectivity index (χ0v) is 15.4. The van der Waals surface area contributed by atoms with Crippen molar-refractivity contribution in [1.82, 2.24) is 10.2 Å². The quantitative estimate of drug-likeness (QED) is 0.286. The van der Waals surface area contributed by atoms with E-state index in [1.54, 1.807) is 12.1 Å². The Balaban J connectivity index is 1.57. The van der Waals surface area contributed by atoms with E-state index in [1.165, 1.54) is 34.5 Å². The highest BCUT2D eigenvalue weighted by molar-refractivity contribution is 8.00. The van der Waals surface area contributed by atoms with Crippen molar-refractivity contribution >= 4 is 50.5 Å². The van der Waals surface area contributed by atoms with Gasteiger partial charge in [-0.2, -0.15) is 5.26 Å². The molecule has 0 radical (unpaired) electrons. The number of rotatable bonds is 6. The van der Waals surface area contributed by atoms with E-state index in [9.17, 15) is 14.9 Å². The number of nitrogens with zero attached hydrogens (tertiary/aromatic N) is 4. The van der Waals surface area contributed by atoms with Crippen LogP contribution >= 0.6 is 34.4 Å². The number of thiophene rings is 1. The molecular weight excluding hydrogens is 394 g/mol. The van der Waals surface area contributed by atoms with Crippen LogP contribution < -0.4 is 5.32 Å². The summed E-state index contributed by atoms with van der Waals surface area (Å²) >= 11 is 3.58. The van der Waals surface area contributed by atoms with Crippen molar-refractivity contribution in [3.63, 3.8) is 0 Å². The molecule has 0 unspecified atom stereocenters. The Labute approximate surface area is 159 Å². The topological polar surface area (TPSA) is 122 Å². The molecule has 3 aromatic rings. The van der Waals surface area contributed by atoms with E-state index in [0.717, 1.165) is 16.9 Å². The van der Waals surface area contributed by atoms with Gasteiger partial charge in [-0.05, 0) is 17.7 Å². The monoisotopic (exact) mass is 403 g/mol. The van der Waals surface area contributed by atoms with Crippen LogP contribution in [0.2, 0.25) is 0 Å². The van der Waals surface area contributed by atoms with Crippen LogP contribution in [-0.2, 0) is 5.75 Å². The molecule has 8 nitrogen and oxygen atoms in total. The Hall–Kier alpha value is -2.81. The SMILES string of the molecule is N#Cc1ccc(CSc2nnc(NC(=O)c3csc([N+](=O)[O-])c3)s2)cc1. The average Bonchev–Trinajstić information content (AvgIpc) is 3.30. The van der Waals surface area contributed by atoms with E-state index in [1.807, 2.05) is 12.1 Å². The smallest absolute Gasteiger partial charge is 0.296 e. The van der Waals surface area contributed by atoms with Crippen molar-refractivity contribution in [2.75, 3.05) is 5.32 Å². The molecule has 0 saturated heterocycles. The summed E-state index contributed by atoms with van der Waals surface area (Å²) in [6.07, 6.45) is 0. The fourth-order valence-corrected chi connectivity index (χ4v) is 4.25.